The number of anilines is 3. The molecule has 12 aromatic carbocycles. The van der Waals surface area contributed by atoms with Crippen molar-refractivity contribution in [3.8, 4) is 66.8 Å². The Labute approximate surface area is 447 Å². The van der Waals surface area contributed by atoms with E-state index in [4.69, 9.17) is 0 Å². The van der Waals surface area contributed by atoms with Gasteiger partial charge >= 0.3 is 0 Å². The van der Waals surface area contributed by atoms with E-state index in [-0.39, 0.29) is 0 Å². The highest BCUT2D eigenvalue weighted by molar-refractivity contribution is 6.01. The Bertz CT molecular complexity index is 3880. The number of benzene rings is 12. The highest BCUT2D eigenvalue weighted by Crippen LogP contribution is 2.65. The Morgan fingerprint density at radius 3 is 1.08 bits per heavy atom. The molecular formula is C75H55N. The maximum absolute atomic E-state index is 2.47. The van der Waals surface area contributed by atoms with E-state index in [9.17, 15) is 0 Å². The lowest BCUT2D eigenvalue weighted by Gasteiger charge is -2.32. The molecule has 0 saturated carbocycles. The van der Waals surface area contributed by atoms with Gasteiger partial charge in [0.15, 0.2) is 0 Å². The van der Waals surface area contributed by atoms with E-state index in [1.807, 2.05) is 6.07 Å². The summed E-state index contributed by atoms with van der Waals surface area (Å²) in [4.78, 5) is 2.47. The van der Waals surface area contributed by atoms with E-state index in [1.165, 1.54) is 106 Å². The van der Waals surface area contributed by atoms with Gasteiger partial charge in [-0.3, -0.25) is 0 Å². The molecule has 0 bridgehead atoms. The molecule has 1 atom stereocenters. The largest absolute Gasteiger partial charge is 0.310 e. The Hall–Kier alpha value is -9.56. The lowest BCUT2D eigenvalue weighted by Crippen LogP contribution is -2.26. The molecule has 12 aromatic rings. The van der Waals surface area contributed by atoms with Crippen LogP contribution < -0.4 is 4.90 Å². The predicted molar refractivity (Wildman–Crippen MR) is 320 cm³/mol. The molecule has 360 valence electrons. The van der Waals surface area contributed by atoms with Crippen LogP contribution >= 0.6 is 0 Å². The van der Waals surface area contributed by atoms with Gasteiger partial charge in [-0.05, 0) is 138 Å². The molecule has 0 N–H and O–H groups in total. The zero-order valence-electron chi connectivity index (χ0n) is 42.5. The molecule has 0 amide bonds. The summed E-state index contributed by atoms with van der Waals surface area (Å²) in [6.07, 6.45) is 0.850. The maximum atomic E-state index is 2.47. The van der Waals surface area contributed by atoms with Crippen molar-refractivity contribution in [2.75, 3.05) is 4.90 Å². The molecule has 0 aromatic heterocycles. The van der Waals surface area contributed by atoms with Crippen LogP contribution in [-0.4, -0.2) is 0 Å². The summed E-state index contributed by atoms with van der Waals surface area (Å²) in [6.45, 7) is 2.11. The summed E-state index contributed by atoms with van der Waals surface area (Å²) in [5, 5.41) is 0. The van der Waals surface area contributed by atoms with Crippen molar-refractivity contribution in [1.29, 1.82) is 0 Å². The fourth-order valence-corrected chi connectivity index (χ4v) is 12.0. The number of aryl methyl sites for hydroxylation is 1. The average Bonchev–Trinajstić information content (AvgIpc) is 4.17. The van der Waals surface area contributed by atoms with Crippen LogP contribution in [0.1, 0.15) is 38.9 Å². The Morgan fingerprint density at radius 1 is 0.276 bits per heavy atom. The van der Waals surface area contributed by atoms with Crippen LogP contribution in [0.5, 0.6) is 0 Å². The first kappa shape index (κ1) is 46.2. The van der Waals surface area contributed by atoms with Crippen molar-refractivity contribution in [2.45, 2.75) is 18.8 Å². The molecular weight excluding hydrogens is 915 g/mol. The minimum absolute atomic E-state index is 0.485. The molecule has 2 aliphatic carbocycles. The van der Waals surface area contributed by atoms with Crippen molar-refractivity contribution in [3.05, 3.63) is 342 Å². The van der Waals surface area contributed by atoms with E-state index in [1.54, 1.807) is 0 Å². The Kier molecular flexibility index (Phi) is 12.2. The Balaban J connectivity index is 0.000000372. The molecule has 2 aliphatic rings. The van der Waals surface area contributed by atoms with Gasteiger partial charge in [-0.15, -0.1) is 0 Å². The molecule has 1 spiro atoms. The Morgan fingerprint density at radius 2 is 0.618 bits per heavy atom. The third kappa shape index (κ3) is 8.33. The summed E-state index contributed by atoms with van der Waals surface area (Å²) in [5.74, 6) is 0. The zero-order valence-corrected chi connectivity index (χ0v) is 42.5. The minimum atomic E-state index is -0.485. The van der Waals surface area contributed by atoms with Gasteiger partial charge in [-0.2, -0.15) is 0 Å². The van der Waals surface area contributed by atoms with Gasteiger partial charge in [0.2, 0.25) is 0 Å². The highest BCUT2D eigenvalue weighted by atomic mass is 15.1. The molecule has 1 nitrogen and oxygen atoms in total. The van der Waals surface area contributed by atoms with Crippen LogP contribution in [0.4, 0.5) is 17.1 Å². The molecule has 0 fully saturated rings. The number of rotatable bonds is 9. The first-order valence-electron chi connectivity index (χ1n) is 26.4. The lowest BCUT2D eigenvalue weighted by atomic mass is 9.70. The van der Waals surface area contributed by atoms with Crippen molar-refractivity contribution >= 4 is 17.1 Å². The quantitative estimate of drug-likeness (QED) is 0.139. The van der Waals surface area contributed by atoms with E-state index in [2.05, 4.69) is 309 Å². The summed E-state index contributed by atoms with van der Waals surface area (Å²) >= 11 is 0. The second-order valence-electron chi connectivity index (χ2n) is 20.0. The normalized spacial score (nSPS) is 13.4. The molecule has 0 heterocycles. The van der Waals surface area contributed by atoms with E-state index in [0.29, 0.717) is 0 Å². The third-order valence-corrected chi connectivity index (χ3v) is 15.5. The first-order valence-corrected chi connectivity index (χ1v) is 26.4. The van der Waals surface area contributed by atoms with E-state index < -0.39 is 5.41 Å². The van der Waals surface area contributed by atoms with Crippen LogP contribution in [0.2, 0.25) is 0 Å². The molecule has 0 saturated heterocycles. The van der Waals surface area contributed by atoms with Crippen molar-refractivity contribution < 1.29 is 0 Å². The van der Waals surface area contributed by atoms with Crippen molar-refractivity contribution in [1.82, 2.24) is 0 Å². The van der Waals surface area contributed by atoms with Crippen LogP contribution in [0.3, 0.4) is 0 Å². The standard InChI is InChI=1S/C62H43N.C13H12/c1-4-16-44(17-5-1)47-32-30-43(31-33-47)42-50-22-14-27-57-60(50)53-23-10-12-25-55(53)62(57)56-26-13-11-24-54(56)61-58(62)28-15-29-59(61)63(51-38-34-48(35-39-51)45-18-6-2-7-19-45)52-40-36-49(37-41-52)46-20-8-3-9-21-46;1-11-7-9-13(10-8-11)12-5-3-2-4-6-12/h1-41H,42H2;2-10H,1H3. The lowest BCUT2D eigenvalue weighted by molar-refractivity contribution is 0.793. The van der Waals surface area contributed by atoms with Gasteiger partial charge in [0.25, 0.3) is 0 Å². The molecule has 14 rings (SSSR count). The number of hydrogen-bond acceptors (Lipinski definition) is 1. The topological polar surface area (TPSA) is 3.24 Å². The van der Waals surface area contributed by atoms with Crippen molar-refractivity contribution in [2.24, 2.45) is 0 Å². The molecule has 0 aliphatic heterocycles. The summed E-state index contributed by atoms with van der Waals surface area (Å²) < 4.78 is 0. The van der Waals surface area contributed by atoms with Gasteiger partial charge in [0.1, 0.15) is 0 Å². The SMILES string of the molecule is Cc1ccc(-c2ccccc2)cc1.c1ccc(-c2ccc(Cc3cccc4c3-c3ccccc3C43c4ccccc4-c4c(N(c5ccc(-c6ccccc6)cc5)c5ccc(-c6ccccc6)cc5)cccc43)cc2)cc1. The number of fused-ring (bicyclic) bond motifs is 10. The van der Waals surface area contributed by atoms with Crippen molar-refractivity contribution in [3.63, 3.8) is 0 Å². The van der Waals surface area contributed by atoms with Crippen LogP contribution in [0.15, 0.2) is 303 Å². The molecule has 1 heteroatoms. The number of nitrogens with zero attached hydrogens (tertiary/aromatic N) is 1. The zero-order chi connectivity index (χ0) is 50.8. The van der Waals surface area contributed by atoms with Gasteiger partial charge < -0.3 is 4.90 Å². The van der Waals surface area contributed by atoms with Gasteiger partial charge in [0, 0.05) is 16.9 Å². The summed E-state index contributed by atoms with van der Waals surface area (Å²) in [6, 6.07) is 111. The first-order chi connectivity index (χ1) is 37.6. The third-order valence-electron chi connectivity index (χ3n) is 15.5. The maximum Gasteiger partial charge on any atom is 0.0726 e. The van der Waals surface area contributed by atoms with Gasteiger partial charge in [-0.25, -0.2) is 0 Å². The van der Waals surface area contributed by atoms with Crippen LogP contribution in [-0.2, 0) is 11.8 Å². The molecule has 76 heavy (non-hydrogen) atoms. The van der Waals surface area contributed by atoms with Crippen LogP contribution in [0.25, 0.3) is 66.8 Å². The fourth-order valence-electron chi connectivity index (χ4n) is 12.0. The minimum Gasteiger partial charge on any atom is -0.310 e. The van der Waals surface area contributed by atoms with Gasteiger partial charge in [-0.1, -0.05) is 279 Å². The highest BCUT2D eigenvalue weighted by Gasteiger charge is 2.53. The van der Waals surface area contributed by atoms with Gasteiger partial charge in [0.05, 0.1) is 11.1 Å². The van der Waals surface area contributed by atoms with Crippen LogP contribution in [0, 0.1) is 6.92 Å². The summed E-state index contributed by atoms with van der Waals surface area (Å²) in [5.41, 5.74) is 27.3. The smallest absolute Gasteiger partial charge is 0.0726 e. The fraction of sp³-hybridized carbons (Fsp3) is 0.0400. The monoisotopic (exact) mass is 969 g/mol. The molecule has 1 unspecified atom stereocenters. The number of hydrogen-bond donors (Lipinski definition) is 0. The van der Waals surface area contributed by atoms with E-state index in [0.717, 1.165) is 23.5 Å². The predicted octanol–water partition coefficient (Wildman–Crippen LogP) is 19.8. The summed E-state index contributed by atoms with van der Waals surface area (Å²) in [7, 11) is 0. The second kappa shape index (κ2) is 20.0. The second-order valence-corrected chi connectivity index (χ2v) is 20.0. The molecule has 0 radical (unpaired) electrons. The van der Waals surface area contributed by atoms with E-state index >= 15 is 0 Å². The average molecular weight is 970 g/mol.